The van der Waals surface area contributed by atoms with E-state index in [9.17, 15) is 4.79 Å². The predicted molar refractivity (Wildman–Crippen MR) is 92.5 cm³/mol. The summed E-state index contributed by atoms with van der Waals surface area (Å²) in [6.45, 7) is 0.543. The fourth-order valence-electron chi connectivity index (χ4n) is 2.91. The number of amides is 1. The van der Waals surface area contributed by atoms with E-state index < -0.39 is 0 Å². The van der Waals surface area contributed by atoms with Crippen LogP contribution in [0.2, 0.25) is 5.02 Å². The Bertz CT molecular complexity index is 433. The average molecular weight is 351 g/mol. The lowest BCUT2D eigenvalue weighted by Gasteiger charge is -2.30. The normalized spacial score (nSPS) is 17.0. The molecule has 0 aliphatic heterocycles. The lowest BCUT2D eigenvalue weighted by Crippen LogP contribution is -2.45. The third-order valence-corrected chi connectivity index (χ3v) is 5.38. The molecule has 1 atom stereocenters. The summed E-state index contributed by atoms with van der Waals surface area (Å²) in [5.41, 5.74) is 5.83. The highest BCUT2D eigenvalue weighted by Crippen LogP contribution is 2.26. The topological polar surface area (TPSA) is 55.1 Å². The molecule has 0 spiro atoms. The van der Waals surface area contributed by atoms with Crippen molar-refractivity contribution in [3.63, 3.8) is 0 Å². The minimum atomic E-state index is 0. The first kappa shape index (κ1) is 18.8. The maximum absolute atomic E-state index is 12.0. The molecule has 1 heterocycles. The zero-order valence-corrected chi connectivity index (χ0v) is 14.5. The molecule has 1 aromatic rings. The minimum absolute atomic E-state index is 0. The second kappa shape index (κ2) is 9.67. The van der Waals surface area contributed by atoms with Crippen LogP contribution < -0.4 is 11.1 Å². The van der Waals surface area contributed by atoms with Crippen LogP contribution in [0.4, 0.5) is 0 Å². The van der Waals surface area contributed by atoms with Gasteiger partial charge in [-0.2, -0.15) is 0 Å². The van der Waals surface area contributed by atoms with Crippen molar-refractivity contribution >= 4 is 41.3 Å². The summed E-state index contributed by atoms with van der Waals surface area (Å²) in [7, 11) is 0. The molecule has 0 radical (unpaired) electrons. The molecule has 6 heteroatoms. The van der Waals surface area contributed by atoms with Crippen LogP contribution in [0.15, 0.2) is 11.4 Å². The first-order valence-electron chi connectivity index (χ1n) is 7.41. The molecule has 120 valence electrons. The van der Waals surface area contributed by atoms with Gasteiger partial charge in [0.15, 0.2) is 0 Å². The summed E-state index contributed by atoms with van der Waals surface area (Å²) in [4.78, 5) is 13.2. The van der Waals surface area contributed by atoms with E-state index in [0.717, 1.165) is 16.3 Å². The number of aryl methyl sites for hydroxylation is 1. The Kier molecular flexibility index (Phi) is 8.64. The van der Waals surface area contributed by atoms with Gasteiger partial charge in [0.1, 0.15) is 0 Å². The Hall–Kier alpha value is -0.290. The summed E-state index contributed by atoms with van der Waals surface area (Å²) in [5.74, 6) is 0.671. The number of nitrogens with one attached hydrogen (secondary N) is 1. The van der Waals surface area contributed by atoms with Crippen LogP contribution in [0, 0.1) is 5.92 Å². The molecule has 1 fully saturated rings. The van der Waals surface area contributed by atoms with Crippen LogP contribution in [-0.4, -0.2) is 18.5 Å². The Balaban J connectivity index is 0.00000220. The van der Waals surface area contributed by atoms with E-state index >= 15 is 0 Å². The highest BCUT2D eigenvalue weighted by molar-refractivity contribution is 7.10. The molecule has 3 nitrogen and oxygen atoms in total. The predicted octanol–water partition coefficient (Wildman–Crippen LogP) is 3.78. The zero-order chi connectivity index (χ0) is 14.4. The van der Waals surface area contributed by atoms with Gasteiger partial charge in [-0.25, -0.2) is 0 Å². The summed E-state index contributed by atoms with van der Waals surface area (Å²) in [5, 5.41) is 5.78. The highest BCUT2D eigenvalue weighted by atomic mass is 35.5. The van der Waals surface area contributed by atoms with E-state index in [0.29, 0.717) is 18.9 Å². The van der Waals surface area contributed by atoms with Gasteiger partial charge in [0.2, 0.25) is 5.91 Å². The Labute approximate surface area is 142 Å². The molecule has 1 aromatic heterocycles. The number of carbonyl (C=O) groups excluding carboxylic acids is 1. The molecular formula is C15H24Cl2N2OS. The molecule has 1 saturated carbocycles. The number of rotatable bonds is 6. The lowest BCUT2D eigenvalue weighted by atomic mass is 9.84. The molecule has 21 heavy (non-hydrogen) atoms. The van der Waals surface area contributed by atoms with E-state index in [2.05, 4.69) is 5.32 Å². The number of hydrogen-bond acceptors (Lipinski definition) is 3. The largest absolute Gasteiger partial charge is 0.352 e. The van der Waals surface area contributed by atoms with Gasteiger partial charge in [0, 0.05) is 29.3 Å². The van der Waals surface area contributed by atoms with Crippen LogP contribution in [-0.2, 0) is 11.2 Å². The van der Waals surface area contributed by atoms with Crippen molar-refractivity contribution in [1.29, 1.82) is 0 Å². The molecule has 2 rings (SSSR count). The third kappa shape index (κ3) is 6.15. The van der Waals surface area contributed by atoms with Gasteiger partial charge in [-0.3, -0.25) is 4.79 Å². The first-order chi connectivity index (χ1) is 9.69. The molecule has 0 bridgehead atoms. The lowest BCUT2D eigenvalue weighted by molar-refractivity contribution is -0.122. The first-order valence-corrected chi connectivity index (χ1v) is 8.67. The quantitative estimate of drug-likeness (QED) is 0.819. The van der Waals surface area contributed by atoms with Gasteiger partial charge in [-0.1, -0.05) is 30.9 Å². The molecule has 1 aliphatic carbocycles. The molecule has 1 amide bonds. The molecule has 0 saturated heterocycles. The van der Waals surface area contributed by atoms with Crippen LogP contribution in [0.25, 0.3) is 0 Å². The number of hydrogen-bond donors (Lipinski definition) is 2. The third-order valence-electron chi connectivity index (χ3n) is 4.04. The maximum atomic E-state index is 12.0. The SMILES string of the molecule is Cl.NCC(NC(=O)CCc1cc(Cl)cs1)C1CCCCC1. The Morgan fingerprint density at radius 1 is 1.43 bits per heavy atom. The van der Waals surface area contributed by atoms with Crippen molar-refractivity contribution in [2.45, 2.75) is 51.0 Å². The second-order valence-electron chi connectivity index (χ2n) is 5.54. The van der Waals surface area contributed by atoms with Crippen LogP contribution in [0.3, 0.4) is 0 Å². The number of halogens is 2. The van der Waals surface area contributed by atoms with Gasteiger partial charge in [-0.05, 0) is 31.2 Å². The van der Waals surface area contributed by atoms with Gasteiger partial charge < -0.3 is 11.1 Å². The van der Waals surface area contributed by atoms with E-state index in [1.165, 1.54) is 32.1 Å². The van der Waals surface area contributed by atoms with E-state index in [-0.39, 0.29) is 24.4 Å². The highest BCUT2D eigenvalue weighted by Gasteiger charge is 2.23. The number of carbonyl (C=O) groups is 1. The van der Waals surface area contributed by atoms with Crippen molar-refractivity contribution in [3.05, 3.63) is 21.3 Å². The monoisotopic (exact) mass is 350 g/mol. The fraction of sp³-hybridized carbons (Fsp3) is 0.667. The standard InChI is InChI=1S/C15H23ClN2OS.ClH/c16-12-8-13(20-10-12)6-7-15(19)18-14(9-17)11-4-2-1-3-5-11;/h8,10-11,14H,1-7,9,17H2,(H,18,19);1H. The molecular weight excluding hydrogens is 327 g/mol. The molecule has 1 aliphatic rings. The van der Waals surface area contributed by atoms with Crippen LogP contribution in [0.5, 0.6) is 0 Å². The summed E-state index contributed by atoms with van der Waals surface area (Å²) >= 11 is 7.48. The minimum Gasteiger partial charge on any atom is -0.352 e. The van der Waals surface area contributed by atoms with Gasteiger partial charge in [0.25, 0.3) is 0 Å². The summed E-state index contributed by atoms with van der Waals surface area (Å²) < 4.78 is 0. The number of thiophene rings is 1. The van der Waals surface area contributed by atoms with Gasteiger partial charge >= 0.3 is 0 Å². The van der Waals surface area contributed by atoms with Gasteiger partial charge in [0.05, 0.1) is 5.02 Å². The Morgan fingerprint density at radius 3 is 2.71 bits per heavy atom. The molecule has 3 N–H and O–H groups in total. The summed E-state index contributed by atoms with van der Waals surface area (Å²) in [6.07, 6.45) is 7.52. The van der Waals surface area contributed by atoms with Crippen molar-refractivity contribution in [2.75, 3.05) is 6.54 Å². The van der Waals surface area contributed by atoms with E-state index in [4.69, 9.17) is 17.3 Å². The maximum Gasteiger partial charge on any atom is 0.220 e. The van der Waals surface area contributed by atoms with Crippen molar-refractivity contribution in [1.82, 2.24) is 5.32 Å². The van der Waals surface area contributed by atoms with Gasteiger partial charge in [-0.15, -0.1) is 23.7 Å². The van der Waals surface area contributed by atoms with Crippen LogP contribution in [0.1, 0.15) is 43.4 Å². The average Bonchev–Trinajstić information content (AvgIpc) is 2.89. The zero-order valence-electron chi connectivity index (χ0n) is 12.1. The van der Waals surface area contributed by atoms with Crippen molar-refractivity contribution in [3.8, 4) is 0 Å². The second-order valence-corrected chi connectivity index (χ2v) is 6.97. The molecule has 1 unspecified atom stereocenters. The fourth-order valence-corrected chi connectivity index (χ4v) is 3.98. The van der Waals surface area contributed by atoms with E-state index in [1.807, 2.05) is 11.4 Å². The van der Waals surface area contributed by atoms with Crippen molar-refractivity contribution in [2.24, 2.45) is 11.7 Å². The Morgan fingerprint density at radius 2 is 2.14 bits per heavy atom. The number of nitrogens with two attached hydrogens (primary N) is 1. The molecule has 0 aromatic carbocycles. The smallest absolute Gasteiger partial charge is 0.220 e. The van der Waals surface area contributed by atoms with Crippen LogP contribution >= 0.6 is 35.3 Å². The van der Waals surface area contributed by atoms with E-state index in [1.54, 1.807) is 11.3 Å². The summed E-state index contributed by atoms with van der Waals surface area (Å²) in [6, 6.07) is 2.08. The van der Waals surface area contributed by atoms with Crippen molar-refractivity contribution < 1.29 is 4.79 Å².